The van der Waals surface area contributed by atoms with E-state index in [2.05, 4.69) is 5.10 Å². The van der Waals surface area contributed by atoms with Crippen LogP contribution in [0.4, 0.5) is 5.82 Å². The molecule has 0 aliphatic carbocycles. The van der Waals surface area contributed by atoms with E-state index in [1.165, 1.54) is 0 Å². The summed E-state index contributed by atoms with van der Waals surface area (Å²) in [6.07, 6.45) is 1.67. The van der Waals surface area contributed by atoms with Gasteiger partial charge in [-0.2, -0.15) is 5.10 Å². The highest BCUT2D eigenvalue weighted by Crippen LogP contribution is 2.49. The Hall–Kier alpha value is -2.08. The van der Waals surface area contributed by atoms with E-state index < -0.39 is 0 Å². The number of nitrogen functional groups attached to an aromatic ring is 1. The zero-order valence-corrected chi connectivity index (χ0v) is 11.9. The molecule has 2 N–H and O–H groups in total. The summed E-state index contributed by atoms with van der Waals surface area (Å²) in [6.45, 7) is 0.946. The molecule has 0 amide bonds. The monoisotopic (exact) mass is 295 g/mol. The van der Waals surface area contributed by atoms with Crippen molar-refractivity contribution in [2.45, 2.75) is 0 Å². The molecule has 20 heavy (non-hydrogen) atoms. The quantitative estimate of drug-likeness (QED) is 0.918. The average Bonchev–Trinajstić information content (AvgIpc) is 2.79. The molecule has 2 aromatic rings. The second-order valence-electron chi connectivity index (χ2n) is 4.36. The molecule has 6 nitrogen and oxygen atoms in total. The van der Waals surface area contributed by atoms with E-state index in [-0.39, 0.29) is 0 Å². The summed E-state index contributed by atoms with van der Waals surface area (Å²) in [5.74, 6) is 2.10. The fraction of sp³-hybridized carbons (Fsp3) is 0.308. The van der Waals surface area contributed by atoms with Gasteiger partial charge in [0.1, 0.15) is 29.8 Å². The molecule has 1 aromatic carbocycles. The van der Waals surface area contributed by atoms with Gasteiger partial charge in [0.05, 0.1) is 13.3 Å². The minimum Gasteiger partial charge on any atom is -0.494 e. The molecule has 0 bridgehead atoms. The number of fused-ring (bicyclic) bond motifs is 1. The number of nitrogens with two attached hydrogens (primary N) is 1. The number of rotatable bonds is 2. The highest BCUT2D eigenvalue weighted by atomic mass is 35.5. The molecule has 0 spiro atoms. The van der Waals surface area contributed by atoms with Crippen molar-refractivity contribution in [2.75, 3.05) is 26.1 Å². The number of hydrogen-bond donors (Lipinski definition) is 1. The number of benzene rings is 1. The smallest absolute Gasteiger partial charge is 0.183 e. The normalized spacial score (nSPS) is 13.3. The maximum Gasteiger partial charge on any atom is 0.183 e. The first-order chi connectivity index (χ1) is 9.63. The van der Waals surface area contributed by atoms with Gasteiger partial charge in [-0.15, -0.1) is 0 Å². The van der Waals surface area contributed by atoms with Gasteiger partial charge in [-0.3, -0.25) is 4.68 Å². The summed E-state index contributed by atoms with van der Waals surface area (Å²) in [4.78, 5) is 0. The number of nitrogens with zero attached hydrogens (tertiary/aromatic N) is 2. The lowest BCUT2D eigenvalue weighted by atomic mass is 10.1. The minimum absolute atomic E-state index is 0.378. The molecule has 1 aliphatic heterocycles. The van der Waals surface area contributed by atoms with E-state index in [0.29, 0.717) is 41.3 Å². The van der Waals surface area contributed by atoms with Crippen LogP contribution < -0.4 is 19.9 Å². The molecule has 2 heterocycles. The van der Waals surface area contributed by atoms with Crippen LogP contribution in [0.2, 0.25) is 5.02 Å². The highest BCUT2D eigenvalue weighted by molar-refractivity contribution is 6.34. The van der Waals surface area contributed by atoms with Crippen molar-refractivity contribution < 1.29 is 14.2 Å². The SMILES string of the molecule is COc1c(-c2cnn(C)c2N)cc2c(c1Cl)OCCO2. The fourth-order valence-electron chi connectivity index (χ4n) is 2.18. The summed E-state index contributed by atoms with van der Waals surface area (Å²) in [5, 5.41) is 4.51. The summed E-state index contributed by atoms with van der Waals surface area (Å²) < 4.78 is 18.1. The summed E-state index contributed by atoms with van der Waals surface area (Å²) >= 11 is 6.34. The van der Waals surface area contributed by atoms with E-state index in [9.17, 15) is 0 Å². The van der Waals surface area contributed by atoms with Gasteiger partial charge < -0.3 is 19.9 Å². The van der Waals surface area contributed by atoms with Crippen LogP contribution in [0.15, 0.2) is 12.3 Å². The van der Waals surface area contributed by atoms with E-state index in [1.807, 2.05) is 6.07 Å². The van der Waals surface area contributed by atoms with Crippen LogP contribution in [0.25, 0.3) is 11.1 Å². The van der Waals surface area contributed by atoms with Gasteiger partial charge in [-0.05, 0) is 6.07 Å². The molecule has 0 fully saturated rings. The third kappa shape index (κ3) is 1.84. The Balaban J connectivity index is 2.25. The molecule has 0 radical (unpaired) electrons. The molecule has 106 valence electrons. The molecule has 0 unspecified atom stereocenters. The fourth-order valence-corrected chi connectivity index (χ4v) is 2.51. The van der Waals surface area contributed by atoms with Gasteiger partial charge >= 0.3 is 0 Å². The van der Waals surface area contributed by atoms with Gasteiger partial charge in [-0.1, -0.05) is 11.6 Å². The highest BCUT2D eigenvalue weighted by Gasteiger charge is 2.25. The van der Waals surface area contributed by atoms with Crippen molar-refractivity contribution in [2.24, 2.45) is 7.05 Å². The number of aryl methyl sites for hydroxylation is 1. The van der Waals surface area contributed by atoms with Crippen molar-refractivity contribution in [1.29, 1.82) is 0 Å². The number of hydrogen-bond acceptors (Lipinski definition) is 5. The lowest BCUT2D eigenvalue weighted by molar-refractivity contribution is 0.171. The number of anilines is 1. The largest absolute Gasteiger partial charge is 0.494 e. The first kappa shape index (κ1) is 12.9. The van der Waals surface area contributed by atoms with Crippen LogP contribution >= 0.6 is 11.6 Å². The van der Waals surface area contributed by atoms with Gasteiger partial charge in [-0.25, -0.2) is 0 Å². The number of halogens is 1. The summed E-state index contributed by atoms with van der Waals surface area (Å²) in [6, 6.07) is 1.81. The minimum atomic E-state index is 0.378. The second-order valence-corrected chi connectivity index (χ2v) is 4.74. The van der Waals surface area contributed by atoms with Crippen LogP contribution in [0.5, 0.6) is 17.2 Å². The summed E-state index contributed by atoms with van der Waals surface area (Å²) in [5.41, 5.74) is 7.48. The Morgan fingerprint density at radius 2 is 2.10 bits per heavy atom. The second kappa shape index (κ2) is 4.79. The standard InChI is InChI=1S/C13H14ClN3O3/c1-17-13(15)8(6-16-17)7-5-9-12(20-4-3-19-9)10(14)11(7)18-2/h5-6H,3-4,15H2,1-2H3. The van der Waals surface area contributed by atoms with E-state index in [1.54, 1.807) is 25.0 Å². The molecule has 1 aliphatic rings. The molecule has 0 atom stereocenters. The number of aromatic nitrogens is 2. The van der Waals surface area contributed by atoms with Crippen LogP contribution in [-0.2, 0) is 7.05 Å². The van der Waals surface area contributed by atoms with Crippen molar-refractivity contribution in [3.63, 3.8) is 0 Å². The van der Waals surface area contributed by atoms with Crippen LogP contribution in [0.1, 0.15) is 0 Å². The molecular weight excluding hydrogens is 282 g/mol. The average molecular weight is 296 g/mol. The van der Waals surface area contributed by atoms with Crippen LogP contribution in [0, 0.1) is 0 Å². The van der Waals surface area contributed by atoms with Crippen molar-refractivity contribution in [3.8, 4) is 28.4 Å². The molecule has 7 heteroatoms. The maximum atomic E-state index is 6.34. The zero-order valence-electron chi connectivity index (χ0n) is 11.1. The number of ether oxygens (including phenoxy) is 3. The van der Waals surface area contributed by atoms with Gasteiger partial charge in [0.2, 0.25) is 0 Å². The Morgan fingerprint density at radius 1 is 1.35 bits per heavy atom. The first-order valence-electron chi connectivity index (χ1n) is 6.07. The Kier molecular flexibility index (Phi) is 3.10. The van der Waals surface area contributed by atoms with Crippen molar-refractivity contribution >= 4 is 17.4 Å². The lowest BCUT2D eigenvalue weighted by Crippen LogP contribution is -2.16. The Bertz CT molecular complexity index is 669. The van der Waals surface area contributed by atoms with Gasteiger partial charge in [0.25, 0.3) is 0 Å². The van der Waals surface area contributed by atoms with Crippen molar-refractivity contribution in [1.82, 2.24) is 9.78 Å². The predicted octanol–water partition coefficient (Wildman–Crippen LogP) is 2.10. The first-order valence-corrected chi connectivity index (χ1v) is 6.45. The van der Waals surface area contributed by atoms with Gasteiger partial charge in [0.15, 0.2) is 11.5 Å². The Morgan fingerprint density at radius 3 is 2.75 bits per heavy atom. The van der Waals surface area contributed by atoms with Crippen molar-refractivity contribution in [3.05, 3.63) is 17.3 Å². The van der Waals surface area contributed by atoms with E-state index in [0.717, 1.165) is 11.1 Å². The Labute approximate surface area is 121 Å². The molecular formula is C13H14ClN3O3. The van der Waals surface area contributed by atoms with Crippen LogP contribution in [0.3, 0.4) is 0 Å². The lowest BCUT2D eigenvalue weighted by Gasteiger charge is -2.22. The third-order valence-electron chi connectivity index (χ3n) is 3.21. The maximum absolute atomic E-state index is 6.34. The molecule has 1 aromatic heterocycles. The molecule has 0 saturated heterocycles. The number of methoxy groups -OCH3 is 1. The van der Waals surface area contributed by atoms with E-state index >= 15 is 0 Å². The summed E-state index contributed by atoms with van der Waals surface area (Å²) in [7, 11) is 3.32. The molecule has 0 saturated carbocycles. The molecule has 3 rings (SSSR count). The topological polar surface area (TPSA) is 71.5 Å². The zero-order chi connectivity index (χ0) is 14.3. The third-order valence-corrected chi connectivity index (χ3v) is 3.55. The van der Waals surface area contributed by atoms with E-state index in [4.69, 9.17) is 31.5 Å². The van der Waals surface area contributed by atoms with Gasteiger partial charge in [0, 0.05) is 18.2 Å². The predicted molar refractivity (Wildman–Crippen MR) is 75.6 cm³/mol. The van der Waals surface area contributed by atoms with Crippen LogP contribution in [-0.4, -0.2) is 30.1 Å².